The fourth-order valence-corrected chi connectivity index (χ4v) is 5.70. The van der Waals surface area contributed by atoms with Crippen LogP contribution >= 0.6 is 12.0 Å². The minimum atomic E-state index is -4.11. The Balaban J connectivity index is 2.19. The molecule has 0 bridgehead atoms. The third kappa shape index (κ3) is 3.75. The second kappa shape index (κ2) is 7.31. The minimum absolute atomic E-state index is 0.0656. The average molecular weight is 357 g/mol. The first-order valence-corrected chi connectivity index (χ1v) is 9.55. The second-order valence-corrected chi connectivity index (χ2v) is 8.83. The molecule has 4 N–H and O–H groups in total. The Kier molecular flexibility index (Phi) is 6.11. The van der Waals surface area contributed by atoms with Crippen molar-refractivity contribution in [1.29, 1.82) is 0 Å². The highest BCUT2D eigenvalue weighted by atomic mass is 32.2. The van der Waals surface area contributed by atoms with Crippen LogP contribution in [0.1, 0.15) is 26.2 Å². The Morgan fingerprint density at radius 2 is 1.95 bits per heavy atom. The van der Waals surface area contributed by atoms with Crippen LogP contribution in [0.15, 0.2) is 0 Å². The van der Waals surface area contributed by atoms with Gasteiger partial charge >= 0.3 is 0 Å². The zero-order valence-corrected chi connectivity index (χ0v) is 14.1. The largest absolute Gasteiger partial charge is 0.392 e. The van der Waals surface area contributed by atoms with Gasteiger partial charge in [0.25, 0.3) is 10.1 Å². The normalized spacial score (nSPS) is 42.9. The van der Waals surface area contributed by atoms with Crippen molar-refractivity contribution >= 4 is 22.2 Å². The second-order valence-electron chi connectivity index (χ2n) is 6.20. The highest BCUT2D eigenvalue weighted by molar-refractivity contribution is 7.95. The monoisotopic (exact) mass is 357 g/mol. The minimum Gasteiger partial charge on any atom is -0.392 e. The third-order valence-electron chi connectivity index (χ3n) is 5.13. The number of aliphatic hydroxyl groups excluding tert-OH is 1. The van der Waals surface area contributed by atoms with Crippen molar-refractivity contribution in [2.45, 2.75) is 48.8 Å². The summed E-state index contributed by atoms with van der Waals surface area (Å²) < 4.78 is 36.9. The zero-order valence-electron chi connectivity index (χ0n) is 12.5. The van der Waals surface area contributed by atoms with Crippen molar-refractivity contribution in [3.05, 3.63) is 0 Å². The van der Waals surface area contributed by atoms with E-state index in [0.717, 1.165) is 12.0 Å². The molecule has 7 atom stereocenters. The Morgan fingerprint density at radius 3 is 2.50 bits per heavy atom. The molecule has 0 aromatic carbocycles. The van der Waals surface area contributed by atoms with Crippen LogP contribution in [0.4, 0.5) is 0 Å². The lowest BCUT2D eigenvalue weighted by molar-refractivity contribution is -0.432. The quantitative estimate of drug-likeness (QED) is 0.243. The lowest BCUT2D eigenvalue weighted by atomic mass is 9.63. The first-order valence-electron chi connectivity index (χ1n) is 7.24. The number of rotatable bonds is 5. The van der Waals surface area contributed by atoms with E-state index >= 15 is 0 Å². The van der Waals surface area contributed by atoms with Gasteiger partial charge in [-0.05, 0) is 38.1 Å². The maximum absolute atomic E-state index is 11.5. The van der Waals surface area contributed by atoms with E-state index in [-0.39, 0.29) is 35.5 Å². The van der Waals surface area contributed by atoms with Crippen molar-refractivity contribution in [2.75, 3.05) is 7.05 Å². The molecule has 22 heavy (non-hydrogen) atoms. The molecule has 7 unspecified atom stereocenters. The van der Waals surface area contributed by atoms with Crippen LogP contribution in [-0.2, 0) is 19.5 Å². The molecule has 2 rings (SSSR count). The fourth-order valence-electron chi connectivity index (χ4n) is 3.96. The van der Waals surface area contributed by atoms with Crippen LogP contribution < -0.4 is 5.32 Å². The molecular weight excluding hydrogens is 334 g/mol. The summed E-state index contributed by atoms with van der Waals surface area (Å²) in [5, 5.41) is 24.6. The van der Waals surface area contributed by atoms with E-state index in [0.29, 0.717) is 12.8 Å². The average Bonchev–Trinajstić information content (AvgIpc) is 2.47. The molecule has 0 heterocycles. The summed E-state index contributed by atoms with van der Waals surface area (Å²) in [5.74, 6) is -0.242. The Labute approximate surface area is 134 Å². The van der Waals surface area contributed by atoms with Gasteiger partial charge in [-0.1, -0.05) is 12.0 Å². The van der Waals surface area contributed by atoms with Crippen LogP contribution in [0.25, 0.3) is 0 Å². The molecule has 0 aromatic heterocycles. The Hall–Kier alpha value is 0.0600. The first kappa shape index (κ1) is 18.4. The van der Waals surface area contributed by atoms with Gasteiger partial charge in [-0.3, -0.25) is 4.55 Å². The third-order valence-corrected chi connectivity index (χ3v) is 7.37. The molecule has 2 fully saturated rings. The molecule has 2 aliphatic rings. The molecule has 8 nitrogen and oxygen atoms in total. The van der Waals surface area contributed by atoms with Crippen LogP contribution in [0, 0.1) is 17.8 Å². The number of aliphatic hydroxyl groups is 1. The van der Waals surface area contributed by atoms with Gasteiger partial charge in [0.05, 0.1) is 11.4 Å². The van der Waals surface area contributed by atoms with E-state index in [2.05, 4.69) is 14.7 Å². The molecule has 0 spiro atoms. The van der Waals surface area contributed by atoms with Crippen molar-refractivity contribution < 1.29 is 32.7 Å². The van der Waals surface area contributed by atoms with Gasteiger partial charge in [0.2, 0.25) is 0 Å². The summed E-state index contributed by atoms with van der Waals surface area (Å²) in [7, 11) is -2.38. The van der Waals surface area contributed by atoms with Gasteiger partial charge in [0, 0.05) is 29.3 Å². The molecule has 130 valence electrons. The van der Waals surface area contributed by atoms with Gasteiger partial charge in [0.15, 0.2) is 0 Å². The lowest BCUT2D eigenvalue weighted by Gasteiger charge is -2.50. The maximum atomic E-state index is 11.5. The van der Waals surface area contributed by atoms with E-state index in [1.165, 1.54) is 0 Å². The molecular formula is C12H23NO7S2. The molecule has 2 aliphatic carbocycles. The molecule has 0 aromatic rings. The smallest absolute Gasteiger partial charge is 0.267 e. The van der Waals surface area contributed by atoms with Crippen LogP contribution in [0.3, 0.4) is 0 Å². The van der Waals surface area contributed by atoms with Gasteiger partial charge < -0.3 is 10.4 Å². The summed E-state index contributed by atoms with van der Waals surface area (Å²) in [4.78, 5) is 0. The summed E-state index contributed by atoms with van der Waals surface area (Å²) in [5.41, 5.74) is 0. The maximum Gasteiger partial charge on any atom is 0.267 e. The fraction of sp³-hybridized carbons (Fsp3) is 1.00. The Morgan fingerprint density at radius 1 is 1.27 bits per heavy atom. The van der Waals surface area contributed by atoms with Crippen LogP contribution in [0.5, 0.6) is 0 Å². The highest BCUT2D eigenvalue weighted by Gasteiger charge is 2.50. The van der Waals surface area contributed by atoms with Crippen molar-refractivity contribution in [1.82, 2.24) is 5.32 Å². The summed E-state index contributed by atoms with van der Waals surface area (Å²) in [6.07, 6.45) is 0.580. The molecule has 2 saturated carbocycles. The van der Waals surface area contributed by atoms with Gasteiger partial charge in [-0.15, -0.1) is 4.33 Å². The highest BCUT2D eigenvalue weighted by Crippen LogP contribution is 2.47. The predicted molar refractivity (Wildman–Crippen MR) is 80.4 cm³/mol. The number of hydrogen-bond donors (Lipinski definition) is 4. The van der Waals surface area contributed by atoms with Gasteiger partial charge in [-0.2, -0.15) is 8.42 Å². The Bertz CT molecular complexity index is 474. The van der Waals surface area contributed by atoms with E-state index in [4.69, 9.17) is 5.26 Å². The number of nitrogens with one attached hydrogen (secondary N) is 1. The lowest BCUT2D eigenvalue weighted by Crippen LogP contribution is -2.57. The summed E-state index contributed by atoms with van der Waals surface area (Å²) in [6, 6.07) is -0.177. The van der Waals surface area contributed by atoms with Crippen molar-refractivity contribution in [3.8, 4) is 0 Å². The number of hydrogen-bond acceptors (Lipinski definition) is 8. The zero-order chi connectivity index (χ0) is 16.5. The summed E-state index contributed by atoms with van der Waals surface area (Å²) >= 11 is 0.918. The van der Waals surface area contributed by atoms with E-state index in [1.54, 1.807) is 7.05 Å². The van der Waals surface area contributed by atoms with Crippen molar-refractivity contribution in [3.63, 3.8) is 0 Å². The van der Waals surface area contributed by atoms with Gasteiger partial charge in [-0.25, -0.2) is 5.26 Å². The molecule has 0 amide bonds. The van der Waals surface area contributed by atoms with Crippen molar-refractivity contribution in [2.24, 2.45) is 17.8 Å². The van der Waals surface area contributed by atoms with Gasteiger partial charge in [0.1, 0.15) is 0 Å². The standard InChI is InChI=1S/C12H23NO7S2/c1-6-10(21-20-19-15)4-7-3-8(22(16,17)18)5-9(13-2)11(7)12(6)14/h6-15H,3-5H2,1-2H3,(H,16,17,18). The molecule has 0 saturated heterocycles. The van der Waals surface area contributed by atoms with E-state index in [1.807, 2.05) is 6.92 Å². The SMILES string of the molecule is CNC1CC(S(=O)(=O)O)CC2CC(SOOO)C(C)C(O)C21. The van der Waals surface area contributed by atoms with E-state index < -0.39 is 21.5 Å². The topological polar surface area (TPSA) is 125 Å². The van der Waals surface area contributed by atoms with Crippen LogP contribution in [-0.4, -0.2) is 53.0 Å². The first-order chi connectivity index (χ1) is 10.3. The molecule has 10 heteroatoms. The van der Waals surface area contributed by atoms with E-state index in [9.17, 15) is 18.1 Å². The molecule has 0 radical (unpaired) electrons. The summed E-state index contributed by atoms with van der Waals surface area (Å²) in [6.45, 7) is 1.89. The number of fused-ring (bicyclic) bond motifs is 1. The molecule has 0 aliphatic heterocycles. The predicted octanol–water partition coefficient (Wildman–Crippen LogP) is 0.696. The van der Waals surface area contributed by atoms with Crippen LogP contribution in [0.2, 0.25) is 0 Å².